The van der Waals surface area contributed by atoms with Gasteiger partial charge in [0, 0.05) is 23.1 Å². The van der Waals surface area contributed by atoms with Crippen molar-refractivity contribution in [1.82, 2.24) is 15.0 Å². The number of halogens is 2. The van der Waals surface area contributed by atoms with Gasteiger partial charge < -0.3 is 16.0 Å². The van der Waals surface area contributed by atoms with E-state index in [1.807, 2.05) is 32.0 Å². The Bertz CT molecular complexity index is 1540. The minimum absolute atomic E-state index is 0.0601. The van der Waals surface area contributed by atoms with Crippen molar-refractivity contribution in [2.45, 2.75) is 13.8 Å². The highest BCUT2D eigenvalue weighted by Gasteiger charge is 2.25. The molecule has 0 bridgehead atoms. The van der Waals surface area contributed by atoms with Gasteiger partial charge in [-0.05, 0) is 66.9 Å². The van der Waals surface area contributed by atoms with E-state index in [0.717, 1.165) is 16.8 Å². The first-order valence-electron chi connectivity index (χ1n) is 10.6. The highest BCUT2D eigenvalue weighted by molar-refractivity contribution is 6.28. The lowest BCUT2D eigenvalue weighted by Crippen LogP contribution is -2.04. The number of hydrogen-bond acceptors (Lipinski definition) is 10. The molecule has 0 saturated carbocycles. The molecule has 0 radical (unpaired) electrons. The summed E-state index contributed by atoms with van der Waals surface area (Å²) in [5.41, 5.74) is 1.87. The molecule has 0 spiro atoms. The van der Waals surface area contributed by atoms with E-state index in [1.165, 1.54) is 0 Å². The Kier molecular flexibility index (Phi) is 7.06. The van der Waals surface area contributed by atoms with Gasteiger partial charge in [0.15, 0.2) is 0 Å². The first-order chi connectivity index (χ1) is 17.6. The molecule has 4 rings (SSSR count). The van der Waals surface area contributed by atoms with Crippen LogP contribution in [0, 0.1) is 39.9 Å². The summed E-state index contributed by atoms with van der Waals surface area (Å²) in [6.07, 6.45) is 0. The molecular formula is C23H18ClFN8O4. The third-order valence-electron chi connectivity index (χ3n) is 5.23. The molecule has 0 unspecified atom stereocenters. The van der Waals surface area contributed by atoms with Crippen molar-refractivity contribution in [3.05, 3.63) is 97.1 Å². The molecule has 37 heavy (non-hydrogen) atoms. The van der Waals surface area contributed by atoms with Gasteiger partial charge in [-0.15, -0.1) is 0 Å². The predicted octanol–water partition coefficient (Wildman–Crippen LogP) is 6.33. The Morgan fingerprint density at radius 1 is 0.757 bits per heavy atom. The van der Waals surface area contributed by atoms with Gasteiger partial charge in [0.05, 0.1) is 15.9 Å². The monoisotopic (exact) mass is 524 g/mol. The van der Waals surface area contributed by atoms with Crippen LogP contribution >= 0.6 is 11.6 Å². The molecule has 0 aliphatic rings. The van der Waals surface area contributed by atoms with Crippen molar-refractivity contribution >= 4 is 57.6 Å². The van der Waals surface area contributed by atoms with E-state index in [0.29, 0.717) is 23.5 Å². The standard InChI is InChI=1S/C23H18ClFN8O4/c1-12-6-7-16(8-13(12)2)28-23-30-21(24)29-22(31-23)27-15-5-3-4-14(9-15)26-18-10-17(25)19(32(34)35)11-20(18)33(36)37/h3-11,26H,1-2H3,(H2,27,28,29,30,31). The van der Waals surface area contributed by atoms with Crippen LogP contribution in [0.4, 0.5) is 50.4 Å². The quantitative estimate of drug-likeness (QED) is 0.175. The van der Waals surface area contributed by atoms with Gasteiger partial charge in [-0.25, -0.2) is 0 Å². The second kappa shape index (κ2) is 10.4. The van der Waals surface area contributed by atoms with Gasteiger partial charge in [0.2, 0.25) is 23.0 Å². The maximum Gasteiger partial charge on any atom is 0.311 e. The van der Waals surface area contributed by atoms with Gasteiger partial charge in [-0.3, -0.25) is 20.2 Å². The topological polar surface area (TPSA) is 161 Å². The highest BCUT2D eigenvalue weighted by atomic mass is 35.5. The minimum Gasteiger partial charge on any atom is -0.350 e. The number of aromatic nitrogens is 3. The lowest BCUT2D eigenvalue weighted by Gasteiger charge is -2.11. The van der Waals surface area contributed by atoms with E-state index in [9.17, 15) is 24.6 Å². The zero-order valence-corrected chi connectivity index (χ0v) is 20.1. The van der Waals surface area contributed by atoms with E-state index in [-0.39, 0.29) is 22.9 Å². The molecule has 1 heterocycles. The van der Waals surface area contributed by atoms with Crippen LogP contribution in [-0.4, -0.2) is 24.8 Å². The first-order valence-corrected chi connectivity index (χ1v) is 11.0. The Morgan fingerprint density at radius 3 is 1.95 bits per heavy atom. The summed E-state index contributed by atoms with van der Waals surface area (Å²) in [5.74, 6) is -0.885. The van der Waals surface area contributed by atoms with Gasteiger partial charge in [-0.2, -0.15) is 19.3 Å². The van der Waals surface area contributed by atoms with Crippen LogP contribution in [-0.2, 0) is 0 Å². The molecule has 3 aromatic carbocycles. The number of aryl methyl sites for hydroxylation is 2. The van der Waals surface area contributed by atoms with Crippen LogP contribution in [0.5, 0.6) is 0 Å². The number of nitro groups is 2. The Morgan fingerprint density at radius 2 is 1.35 bits per heavy atom. The molecule has 0 aliphatic heterocycles. The van der Waals surface area contributed by atoms with Crippen LogP contribution in [0.25, 0.3) is 0 Å². The third-order valence-corrected chi connectivity index (χ3v) is 5.40. The predicted molar refractivity (Wildman–Crippen MR) is 137 cm³/mol. The number of anilines is 6. The van der Waals surface area contributed by atoms with Gasteiger partial charge in [0.1, 0.15) is 5.69 Å². The molecule has 1 aromatic heterocycles. The molecular weight excluding hydrogens is 507 g/mol. The molecule has 14 heteroatoms. The SMILES string of the molecule is Cc1ccc(Nc2nc(Cl)nc(Nc3cccc(Nc4cc(F)c([N+](=O)[O-])cc4[N+](=O)[O-])c3)n2)cc1C. The lowest BCUT2D eigenvalue weighted by molar-refractivity contribution is -0.395. The maximum atomic E-state index is 14.1. The van der Waals surface area contributed by atoms with Crippen LogP contribution in [0.1, 0.15) is 11.1 Å². The number of rotatable bonds is 8. The van der Waals surface area contributed by atoms with Gasteiger partial charge >= 0.3 is 5.69 Å². The molecule has 0 aliphatic carbocycles. The molecule has 4 aromatic rings. The average Bonchev–Trinajstić information content (AvgIpc) is 2.81. The number of benzene rings is 3. The molecule has 0 saturated heterocycles. The molecule has 3 N–H and O–H groups in total. The summed E-state index contributed by atoms with van der Waals surface area (Å²) in [7, 11) is 0. The van der Waals surface area contributed by atoms with Crippen molar-refractivity contribution < 1.29 is 14.2 Å². The van der Waals surface area contributed by atoms with Crippen LogP contribution in [0.15, 0.2) is 54.6 Å². The number of nitrogens with zero attached hydrogens (tertiary/aromatic N) is 5. The highest BCUT2D eigenvalue weighted by Crippen LogP contribution is 2.34. The summed E-state index contributed by atoms with van der Waals surface area (Å²) >= 11 is 6.07. The average molecular weight is 525 g/mol. The van der Waals surface area contributed by atoms with E-state index in [4.69, 9.17) is 11.6 Å². The van der Waals surface area contributed by atoms with E-state index >= 15 is 0 Å². The summed E-state index contributed by atoms with van der Waals surface area (Å²) < 4.78 is 14.1. The fourth-order valence-electron chi connectivity index (χ4n) is 3.31. The fourth-order valence-corrected chi connectivity index (χ4v) is 3.47. The van der Waals surface area contributed by atoms with E-state index < -0.39 is 27.0 Å². The van der Waals surface area contributed by atoms with E-state index in [1.54, 1.807) is 24.3 Å². The Balaban J connectivity index is 1.57. The minimum atomic E-state index is -1.21. The van der Waals surface area contributed by atoms with E-state index in [2.05, 4.69) is 30.9 Å². The van der Waals surface area contributed by atoms with Gasteiger partial charge in [-0.1, -0.05) is 12.1 Å². The second-order valence-electron chi connectivity index (χ2n) is 7.84. The second-order valence-corrected chi connectivity index (χ2v) is 8.18. The normalized spacial score (nSPS) is 10.6. The number of nitrogens with one attached hydrogen (secondary N) is 3. The summed E-state index contributed by atoms with van der Waals surface area (Å²) in [5, 5.41) is 31.0. The Hall–Kier alpha value is -4.91. The van der Waals surface area contributed by atoms with Crippen molar-refractivity contribution in [1.29, 1.82) is 0 Å². The number of hydrogen-bond donors (Lipinski definition) is 3. The summed E-state index contributed by atoms with van der Waals surface area (Å²) in [6, 6.07) is 13.5. The Labute approximate surface area is 213 Å². The molecule has 12 nitrogen and oxygen atoms in total. The maximum absolute atomic E-state index is 14.1. The summed E-state index contributed by atoms with van der Waals surface area (Å²) in [6.45, 7) is 3.98. The third kappa shape index (κ3) is 6.02. The number of nitro benzene ring substituents is 2. The van der Waals surface area contributed by atoms with Crippen molar-refractivity contribution in [3.63, 3.8) is 0 Å². The van der Waals surface area contributed by atoms with Gasteiger partial charge in [0.25, 0.3) is 5.69 Å². The zero-order chi connectivity index (χ0) is 26.7. The van der Waals surface area contributed by atoms with Crippen LogP contribution in [0.2, 0.25) is 5.28 Å². The largest absolute Gasteiger partial charge is 0.350 e. The molecule has 0 amide bonds. The van der Waals surface area contributed by atoms with Crippen molar-refractivity contribution in [2.75, 3.05) is 16.0 Å². The molecule has 0 fully saturated rings. The van der Waals surface area contributed by atoms with Crippen molar-refractivity contribution in [3.8, 4) is 0 Å². The molecule has 188 valence electrons. The van der Waals surface area contributed by atoms with Crippen LogP contribution < -0.4 is 16.0 Å². The van der Waals surface area contributed by atoms with Crippen molar-refractivity contribution in [2.24, 2.45) is 0 Å². The lowest BCUT2D eigenvalue weighted by atomic mass is 10.1. The molecule has 0 atom stereocenters. The first kappa shape index (κ1) is 25.2. The zero-order valence-electron chi connectivity index (χ0n) is 19.3. The smallest absolute Gasteiger partial charge is 0.311 e. The fraction of sp³-hybridized carbons (Fsp3) is 0.0870. The van der Waals surface area contributed by atoms with Crippen LogP contribution in [0.3, 0.4) is 0 Å². The summed E-state index contributed by atoms with van der Waals surface area (Å²) in [4.78, 5) is 32.9.